The zero-order chi connectivity index (χ0) is 29.2. The van der Waals surface area contributed by atoms with Crippen molar-refractivity contribution in [3.8, 4) is 0 Å². The Morgan fingerprint density at radius 1 is 0.975 bits per heavy atom. The van der Waals surface area contributed by atoms with Crippen LogP contribution in [0.4, 0.5) is 11.4 Å². The Balaban J connectivity index is 1.53. The Bertz CT molecular complexity index is 1670. The summed E-state index contributed by atoms with van der Waals surface area (Å²) in [5, 5.41) is 11.2. The quantitative estimate of drug-likeness (QED) is 0.183. The fourth-order valence-corrected chi connectivity index (χ4v) is 6.79. The van der Waals surface area contributed by atoms with Gasteiger partial charge in [-0.3, -0.25) is 9.35 Å². The van der Waals surface area contributed by atoms with Gasteiger partial charge in [0.15, 0.2) is 5.71 Å². The minimum Gasteiger partial charge on any atom is -0.506 e. The van der Waals surface area contributed by atoms with Gasteiger partial charge >= 0.3 is 0 Å². The third-order valence-corrected chi connectivity index (χ3v) is 9.50. The van der Waals surface area contributed by atoms with Gasteiger partial charge in [0, 0.05) is 41.1 Å². The van der Waals surface area contributed by atoms with Crippen LogP contribution in [0.2, 0.25) is 0 Å². The first kappa shape index (κ1) is 28.1. The summed E-state index contributed by atoms with van der Waals surface area (Å²) in [4.78, 5) is 15.6. The predicted molar refractivity (Wildman–Crippen MR) is 157 cm³/mol. The van der Waals surface area contributed by atoms with Crippen molar-refractivity contribution in [3.05, 3.63) is 88.3 Å². The van der Waals surface area contributed by atoms with Crippen molar-refractivity contribution >= 4 is 33.0 Å². The van der Waals surface area contributed by atoms with Crippen LogP contribution in [0.1, 0.15) is 65.0 Å². The minimum absolute atomic E-state index is 0.0379. The molecule has 0 fully saturated rings. The third kappa shape index (κ3) is 4.25. The second-order valence-electron chi connectivity index (χ2n) is 11.9. The van der Waals surface area contributed by atoms with Crippen molar-refractivity contribution in [2.24, 2.45) is 0 Å². The number of aliphatic hydroxyl groups excluding tert-OH is 1. The summed E-state index contributed by atoms with van der Waals surface area (Å²) < 4.78 is 34.9. The lowest BCUT2D eigenvalue weighted by atomic mass is 9.77. The molecule has 0 spiro atoms. The van der Waals surface area contributed by atoms with Crippen LogP contribution in [-0.2, 0) is 25.7 Å². The molecule has 0 radical (unpaired) electrons. The average Bonchev–Trinajstić information content (AvgIpc) is 3.23. The number of anilines is 1. The van der Waals surface area contributed by atoms with Crippen LogP contribution in [0.25, 0.3) is 0 Å². The van der Waals surface area contributed by atoms with E-state index in [0.29, 0.717) is 11.1 Å². The molecule has 2 aromatic rings. The number of benzene rings is 2. The van der Waals surface area contributed by atoms with Crippen LogP contribution in [-0.4, -0.2) is 47.7 Å². The predicted octanol–water partition coefficient (Wildman–Crippen LogP) is 6.13. The topological polar surface area (TPSA) is 97.9 Å². The van der Waals surface area contributed by atoms with Gasteiger partial charge in [0.25, 0.3) is 10.1 Å². The molecule has 0 aromatic heterocycles. The first-order chi connectivity index (χ1) is 18.7. The number of aliphatic hydroxyl groups is 1. The smallest absolute Gasteiger partial charge is 0.294 e. The Morgan fingerprint density at radius 2 is 1.68 bits per heavy atom. The molecule has 8 heteroatoms. The number of ketones is 1. The molecule has 2 heterocycles. The van der Waals surface area contributed by atoms with Crippen molar-refractivity contribution in [3.63, 3.8) is 0 Å². The number of allylic oxidation sites excluding steroid dienone is 5. The molecule has 0 atom stereocenters. The number of fused-ring (bicyclic) bond motifs is 2. The summed E-state index contributed by atoms with van der Waals surface area (Å²) in [6.45, 7) is 11.2. The van der Waals surface area contributed by atoms with Crippen molar-refractivity contribution in [1.82, 2.24) is 0 Å². The lowest BCUT2D eigenvalue weighted by molar-refractivity contribution is -0.401. The lowest BCUT2D eigenvalue weighted by Gasteiger charge is -2.29. The molecule has 2 aromatic carbocycles. The first-order valence-electron chi connectivity index (χ1n) is 13.7. The van der Waals surface area contributed by atoms with Crippen molar-refractivity contribution < 1.29 is 27.4 Å². The Hall–Kier alpha value is -3.49. The van der Waals surface area contributed by atoms with Crippen molar-refractivity contribution in [1.29, 1.82) is 0 Å². The molecule has 3 aliphatic rings. The van der Waals surface area contributed by atoms with E-state index in [1.54, 1.807) is 12.1 Å². The van der Waals surface area contributed by atoms with Gasteiger partial charge < -0.3 is 10.0 Å². The van der Waals surface area contributed by atoms with E-state index in [1.807, 2.05) is 43.7 Å². The molecule has 1 aliphatic carbocycles. The molecular formula is C32H37N2O5S+. The normalized spacial score (nSPS) is 21.4. The van der Waals surface area contributed by atoms with Crippen LogP contribution < -0.4 is 4.90 Å². The van der Waals surface area contributed by atoms with Crippen LogP contribution in [0, 0.1) is 0 Å². The highest BCUT2D eigenvalue weighted by Gasteiger charge is 2.47. The number of Topliss-reactive ketones (excluding diaryl/α,β-unsaturated/α-hetero) is 1. The molecule has 2 aliphatic heterocycles. The van der Waals surface area contributed by atoms with Gasteiger partial charge in [0.05, 0.1) is 21.5 Å². The van der Waals surface area contributed by atoms with Gasteiger partial charge in [0.2, 0.25) is 11.5 Å². The highest BCUT2D eigenvalue weighted by Crippen LogP contribution is 2.49. The summed E-state index contributed by atoms with van der Waals surface area (Å²) >= 11 is 0. The molecule has 0 amide bonds. The number of carbonyl (C=O) groups excluding carboxylic acids is 1. The SMILES string of the molecule is CCCCCN1/C(=C/C2=C(O)C(=CC3=[N+](C)c4ccc(S(=O)(=O)O)cc4C3(C)C)C2=O)C(C)(C)c2ccccc21. The fourth-order valence-electron chi connectivity index (χ4n) is 6.28. The molecule has 5 rings (SSSR count). The Kier molecular flexibility index (Phi) is 6.70. The lowest BCUT2D eigenvalue weighted by Crippen LogP contribution is -2.32. The molecule has 210 valence electrons. The third-order valence-electron chi connectivity index (χ3n) is 8.65. The minimum atomic E-state index is -4.36. The Morgan fingerprint density at radius 3 is 2.33 bits per heavy atom. The van der Waals surface area contributed by atoms with E-state index in [4.69, 9.17) is 0 Å². The zero-order valence-electron chi connectivity index (χ0n) is 23.9. The molecule has 40 heavy (non-hydrogen) atoms. The number of unbranched alkanes of at least 4 members (excludes halogenated alkanes) is 2. The zero-order valence-corrected chi connectivity index (χ0v) is 24.8. The number of hydrogen-bond donors (Lipinski definition) is 2. The van der Waals surface area contributed by atoms with Gasteiger partial charge in [-0.25, -0.2) is 0 Å². The number of hydrogen-bond acceptors (Lipinski definition) is 5. The van der Waals surface area contributed by atoms with Crippen LogP contribution >= 0.6 is 0 Å². The maximum atomic E-state index is 13.5. The van der Waals surface area contributed by atoms with Gasteiger partial charge in [-0.1, -0.05) is 51.8 Å². The molecule has 0 saturated heterocycles. The van der Waals surface area contributed by atoms with E-state index in [2.05, 4.69) is 37.8 Å². The number of rotatable bonds is 7. The highest BCUT2D eigenvalue weighted by molar-refractivity contribution is 7.85. The van der Waals surface area contributed by atoms with Crippen LogP contribution in [0.15, 0.2) is 82.1 Å². The van der Waals surface area contributed by atoms with Gasteiger partial charge in [0.1, 0.15) is 12.8 Å². The molecular weight excluding hydrogens is 524 g/mol. The second-order valence-corrected chi connectivity index (χ2v) is 13.3. The summed E-state index contributed by atoms with van der Waals surface area (Å²) in [5.74, 6) is -0.263. The van der Waals surface area contributed by atoms with E-state index >= 15 is 0 Å². The van der Waals surface area contributed by atoms with E-state index < -0.39 is 15.5 Å². The average molecular weight is 562 g/mol. The second kappa shape index (κ2) is 9.56. The van der Waals surface area contributed by atoms with Crippen molar-refractivity contribution in [2.45, 2.75) is 69.6 Å². The standard InChI is InChI=1S/C32H36N2O5S/c1-7-8-11-16-34-26-13-10-9-12-23(26)31(2,3)28(34)19-22-29(35)21(30(22)36)18-27-32(4,5)24-17-20(40(37,38)39)14-15-25(24)33(27)6/h9-10,12-15,17-19H,7-8,11,16H2,1-6H3,(H-,35,36,37,38,39)/p+1. The Labute approximate surface area is 236 Å². The largest absolute Gasteiger partial charge is 0.506 e. The van der Waals surface area contributed by atoms with Crippen LogP contribution in [0.3, 0.4) is 0 Å². The maximum Gasteiger partial charge on any atom is 0.294 e. The van der Waals surface area contributed by atoms with Gasteiger partial charge in [-0.15, -0.1) is 0 Å². The maximum absolute atomic E-state index is 13.5. The van der Waals surface area contributed by atoms with E-state index in [1.165, 1.54) is 17.7 Å². The van der Waals surface area contributed by atoms with Crippen LogP contribution in [0.5, 0.6) is 0 Å². The van der Waals surface area contributed by atoms with E-state index in [9.17, 15) is 22.9 Å². The van der Waals surface area contributed by atoms with Gasteiger partial charge in [-0.05, 0) is 50.1 Å². The highest BCUT2D eigenvalue weighted by atomic mass is 32.2. The molecule has 7 nitrogen and oxygen atoms in total. The summed E-state index contributed by atoms with van der Waals surface area (Å²) in [6.07, 6.45) is 6.80. The monoisotopic (exact) mass is 561 g/mol. The molecule has 0 bridgehead atoms. The van der Waals surface area contributed by atoms with Gasteiger partial charge in [-0.2, -0.15) is 13.0 Å². The molecule has 2 N–H and O–H groups in total. The number of carbonyl (C=O) groups is 1. The summed E-state index contributed by atoms with van der Waals surface area (Å²) in [7, 11) is -2.52. The summed E-state index contributed by atoms with van der Waals surface area (Å²) in [6, 6.07) is 12.8. The van der Waals surface area contributed by atoms with Crippen molar-refractivity contribution in [2.75, 3.05) is 18.5 Å². The number of nitrogens with zero attached hydrogens (tertiary/aromatic N) is 2. The first-order valence-corrected chi connectivity index (χ1v) is 15.2. The number of para-hydroxylation sites is 1. The molecule has 0 unspecified atom stereocenters. The molecule has 0 saturated carbocycles. The summed E-state index contributed by atoms with van der Waals surface area (Å²) in [5.41, 5.74) is 5.10. The van der Waals surface area contributed by atoms with E-state index in [-0.39, 0.29) is 27.4 Å². The van der Waals surface area contributed by atoms with E-state index in [0.717, 1.165) is 48.6 Å². The fraction of sp³-hybridized carbons (Fsp3) is 0.375.